The summed E-state index contributed by atoms with van der Waals surface area (Å²) < 4.78 is 0. The number of hydrogen-bond acceptors (Lipinski definition) is 0. The third kappa shape index (κ3) is 48.1. The lowest BCUT2D eigenvalue weighted by molar-refractivity contribution is 1.11. The summed E-state index contributed by atoms with van der Waals surface area (Å²) in [7, 11) is -0.639. The van der Waals surface area contributed by atoms with Crippen LogP contribution in [0.2, 0.25) is 0 Å². The van der Waals surface area contributed by atoms with Gasteiger partial charge in [0.1, 0.15) is 0 Å². The Morgan fingerprint density at radius 3 is 1.20 bits per heavy atom. The first kappa shape index (κ1) is 16.8. The quantitative estimate of drug-likeness (QED) is 0.314. The molecule has 0 atom stereocenters. The van der Waals surface area contributed by atoms with Crippen molar-refractivity contribution < 1.29 is 4.70 Å². The zero-order chi connectivity index (χ0) is 2.71. The molecule has 0 aliphatic rings. The fourth-order valence-corrected chi connectivity index (χ4v) is 0. The van der Waals surface area contributed by atoms with Crippen LogP contribution in [0.3, 0.4) is 0 Å². The van der Waals surface area contributed by atoms with E-state index in [0.29, 0.717) is 0 Å². The fraction of sp³-hybridized carbons (Fsp3) is 0. The van der Waals surface area contributed by atoms with E-state index >= 15 is 0 Å². The first-order valence-corrected chi connectivity index (χ1v) is 4.81. The summed E-state index contributed by atoms with van der Waals surface area (Å²) in [4.78, 5) is 0. The Hall–Kier alpha value is 0.944. The highest BCUT2D eigenvalue weighted by Gasteiger charge is 1.46. The van der Waals surface area contributed by atoms with Crippen molar-refractivity contribution in [1.82, 2.24) is 0 Å². The van der Waals surface area contributed by atoms with Gasteiger partial charge in [0.2, 0.25) is 8.14 Å². The van der Waals surface area contributed by atoms with Crippen molar-refractivity contribution in [2.75, 3.05) is 0 Å². The van der Waals surface area contributed by atoms with Crippen molar-refractivity contribution in [2.24, 2.45) is 0 Å². The second kappa shape index (κ2) is 20.4. The molecule has 0 radical (unpaired) electrons. The lowest BCUT2D eigenvalue weighted by Gasteiger charge is -1.39. The third-order valence-electron chi connectivity index (χ3n) is 0. The van der Waals surface area contributed by atoms with Crippen molar-refractivity contribution in [2.45, 2.75) is 0 Å². The number of rotatable bonds is 0. The average molecular weight is 153 g/mol. The molecule has 0 aromatic rings. The molecule has 0 unspecified atom stereocenters. The van der Waals surface area contributed by atoms with Gasteiger partial charge in [-0.1, -0.05) is 0 Å². The maximum atomic E-state index is 4.90. The van der Waals surface area contributed by atoms with Crippen LogP contribution < -0.4 is 0 Å². The minimum absolute atomic E-state index is 0. The molecule has 0 saturated heterocycles. The van der Waals surface area contributed by atoms with Gasteiger partial charge in [-0.05, 0) is 11.0 Å². The highest BCUT2D eigenvalue weighted by molar-refractivity contribution is 7.22. The largest absolute Gasteiger partial charge is 0.269 e. The Bertz CT molecular complexity index is 7.61. The van der Waals surface area contributed by atoms with E-state index < -0.39 is 8.14 Å². The van der Waals surface area contributed by atoms with E-state index in [1.807, 2.05) is 0 Å². The summed E-state index contributed by atoms with van der Waals surface area (Å²) in [6, 6.07) is 0. The Morgan fingerprint density at radius 2 is 1.20 bits per heavy atom. The number of hydrogen-bond donors (Lipinski definition) is 0. The molecule has 5 heavy (non-hydrogen) atoms. The van der Waals surface area contributed by atoms with Gasteiger partial charge in [0.25, 0.3) is 0 Å². The van der Waals surface area contributed by atoms with Gasteiger partial charge in [0, 0.05) is 0 Å². The minimum atomic E-state index is -0.639. The summed E-state index contributed by atoms with van der Waals surface area (Å²) in [6.07, 6.45) is 0. The van der Waals surface area contributed by atoms with Crippen LogP contribution in [0.5, 0.6) is 0 Å². The highest BCUT2D eigenvalue weighted by Crippen LogP contribution is 1.67. The Balaban J connectivity index is -0.0000000200. The van der Waals surface area contributed by atoms with E-state index in [2.05, 4.69) is 0 Å². The highest BCUT2D eigenvalue weighted by atomic mass is 35.7. The van der Waals surface area contributed by atoms with Crippen molar-refractivity contribution in [3.63, 3.8) is 0 Å². The normalized spacial score (nSPS) is 3.60. The minimum Gasteiger partial charge on any atom is -0.269 e. The number of halogens is 3. The zero-order valence-corrected chi connectivity index (χ0v) is 4.80. The smallest absolute Gasteiger partial charge is 0.222 e. The van der Waals surface area contributed by atoms with Crippen LogP contribution in [0.1, 0.15) is 0 Å². The first-order chi connectivity index (χ1) is 1.41. The molecule has 0 spiro atoms. The molecule has 0 amide bonds. The van der Waals surface area contributed by atoms with E-state index in [-0.39, 0.29) is 15.7 Å². The van der Waals surface area contributed by atoms with Gasteiger partial charge in [0.15, 0.2) is 0 Å². The summed E-state index contributed by atoms with van der Waals surface area (Å²) >= 11 is 9.81. The van der Waals surface area contributed by atoms with Gasteiger partial charge in [-0.3, -0.25) is 4.70 Å². The Kier molecular flexibility index (Phi) is 68.2. The molecular formula is H7Cl2FSi2. The molecule has 0 aromatic carbocycles. The predicted molar refractivity (Wildman–Crippen MR) is 34.1 cm³/mol. The lowest BCUT2D eigenvalue weighted by atomic mass is 19.0. The molecular weight excluding hydrogens is 146 g/mol. The fourth-order valence-electron chi connectivity index (χ4n) is 0. The molecule has 0 bridgehead atoms. The Morgan fingerprint density at radius 1 is 1.20 bits per heavy atom. The molecule has 0 heterocycles. The van der Waals surface area contributed by atoms with Crippen LogP contribution in [-0.4, -0.2) is 19.1 Å². The molecule has 0 saturated carbocycles. The van der Waals surface area contributed by atoms with Crippen molar-refractivity contribution in [3.05, 3.63) is 0 Å². The molecule has 0 nitrogen and oxygen atoms in total. The molecule has 0 aliphatic carbocycles. The van der Waals surface area contributed by atoms with Gasteiger partial charge < -0.3 is 0 Å². The summed E-state index contributed by atoms with van der Waals surface area (Å²) in [5.74, 6) is 0. The topological polar surface area (TPSA) is 0 Å². The molecule has 0 rings (SSSR count). The van der Waals surface area contributed by atoms with E-state index in [4.69, 9.17) is 22.2 Å². The monoisotopic (exact) mass is 152 g/mol. The molecule has 0 aliphatic heterocycles. The maximum absolute atomic E-state index is 4.90. The van der Waals surface area contributed by atoms with Crippen LogP contribution in [0.4, 0.5) is 4.70 Å². The van der Waals surface area contributed by atoms with Crippen LogP contribution in [-0.2, 0) is 0 Å². The summed E-state index contributed by atoms with van der Waals surface area (Å²) in [5, 5.41) is 0. The van der Waals surface area contributed by atoms with E-state index in [1.54, 1.807) is 0 Å². The lowest BCUT2D eigenvalue weighted by Crippen LogP contribution is -1.36. The van der Waals surface area contributed by atoms with Crippen molar-refractivity contribution in [1.29, 1.82) is 0 Å². The van der Waals surface area contributed by atoms with Crippen molar-refractivity contribution >= 4 is 41.3 Å². The van der Waals surface area contributed by atoms with Gasteiger partial charge >= 0.3 is 0 Å². The van der Waals surface area contributed by atoms with E-state index in [1.165, 1.54) is 0 Å². The van der Waals surface area contributed by atoms with Crippen molar-refractivity contribution in [3.8, 4) is 0 Å². The van der Waals surface area contributed by atoms with Crippen LogP contribution in [0, 0.1) is 0 Å². The molecule has 5 heteroatoms. The van der Waals surface area contributed by atoms with Crippen LogP contribution >= 0.6 is 22.2 Å². The van der Waals surface area contributed by atoms with Gasteiger partial charge in [-0.15, -0.1) is 0 Å². The van der Waals surface area contributed by atoms with Gasteiger partial charge in [-0.2, -0.15) is 22.2 Å². The van der Waals surface area contributed by atoms with E-state index in [9.17, 15) is 0 Å². The van der Waals surface area contributed by atoms with E-state index in [0.717, 1.165) is 0 Å². The molecule has 0 fully saturated rings. The van der Waals surface area contributed by atoms with Crippen LogP contribution in [0.15, 0.2) is 0 Å². The SMILES string of the molecule is Cl[SiH2]Cl.F.[SiH4]. The first-order valence-electron chi connectivity index (χ1n) is 0.535. The van der Waals surface area contributed by atoms with Gasteiger partial charge in [0.05, 0.1) is 0 Å². The third-order valence-corrected chi connectivity index (χ3v) is 0. The summed E-state index contributed by atoms with van der Waals surface area (Å²) in [6.45, 7) is 0. The predicted octanol–water partition coefficient (Wildman–Crippen LogP) is -0.836. The molecule has 36 valence electrons. The Labute approximate surface area is 46.5 Å². The molecule has 0 N–H and O–H groups in total. The zero-order valence-electron chi connectivity index (χ0n) is 1.87. The standard InChI is InChI=1S/Cl2H2Si.FH.H4Si/c1-3-2;;/h3H2;1H;1H4. The maximum Gasteiger partial charge on any atom is 0.222 e. The van der Waals surface area contributed by atoms with Gasteiger partial charge in [-0.25, -0.2) is 0 Å². The second-order valence-corrected chi connectivity index (χ2v) is 2.73. The molecule has 0 aromatic heterocycles. The van der Waals surface area contributed by atoms with Crippen LogP contribution in [0.25, 0.3) is 0 Å². The average Bonchev–Trinajstić information content (AvgIpc) is 0.918. The second-order valence-electron chi connectivity index (χ2n) is 0.101. The summed E-state index contributed by atoms with van der Waals surface area (Å²) in [5.41, 5.74) is 0.